The molecule has 1 aromatic carbocycles. The van der Waals surface area contributed by atoms with Gasteiger partial charge in [0, 0.05) is 5.39 Å². The summed E-state index contributed by atoms with van der Waals surface area (Å²) in [7, 11) is 0. The highest BCUT2D eigenvalue weighted by Crippen LogP contribution is 2.25. The molecule has 7 heteroatoms. The molecule has 0 amide bonds. The zero-order chi connectivity index (χ0) is 15.2. The van der Waals surface area contributed by atoms with Crippen LogP contribution in [0.5, 0.6) is 0 Å². The van der Waals surface area contributed by atoms with Crippen LogP contribution in [0.4, 0.5) is 5.69 Å². The molecule has 2 rings (SSSR count). The number of ether oxygens (including phenoxy) is 1. The largest absolute Gasteiger partial charge is 0.461 e. The van der Waals surface area contributed by atoms with Crippen LogP contribution < -0.4 is 5.32 Å². The number of rotatable bonds is 6. The van der Waals surface area contributed by atoms with Crippen LogP contribution in [0.1, 0.15) is 17.4 Å². The predicted molar refractivity (Wildman–Crippen MR) is 77.1 cm³/mol. The Morgan fingerprint density at radius 1 is 1.29 bits per heavy atom. The van der Waals surface area contributed by atoms with E-state index in [1.165, 1.54) is 0 Å². The average molecular weight is 291 g/mol. The van der Waals surface area contributed by atoms with Gasteiger partial charge < -0.3 is 20.3 Å². The lowest BCUT2D eigenvalue weighted by Gasteiger charge is -2.18. The molecule has 112 valence electrons. The third-order valence-electron chi connectivity index (χ3n) is 2.93. The fourth-order valence-electron chi connectivity index (χ4n) is 1.90. The summed E-state index contributed by atoms with van der Waals surface area (Å²) in [6.07, 6.45) is 0. The van der Waals surface area contributed by atoms with Crippen LogP contribution in [-0.4, -0.2) is 52.2 Å². The van der Waals surface area contributed by atoms with Crippen LogP contribution in [0.25, 0.3) is 10.9 Å². The molecule has 0 unspecified atom stereocenters. The smallest absolute Gasteiger partial charge is 0.361 e. The van der Waals surface area contributed by atoms with E-state index in [1.807, 2.05) is 0 Å². The molecular weight excluding hydrogens is 274 g/mol. The van der Waals surface area contributed by atoms with Gasteiger partial charge in [0.25, 0.3) is 0 Å². The Bertz CT molecular complexity index is 629. The molecule has 0 spiro atoms. The number of nitrogens with zero attached hydrogens (tertiary/aromatic N) is 2. The van der Waals surface area contributed by atoms with Gasteiger partial charge in [0.1, 0.15) is 0 Å². The summed E-state index contributed by atoms with van der Waals surface area (Å²) in [5.41, 5.74) is 1.03. The summed E-state index contributed by atoms with van der Waals surface area (Å²) in [5, 5.41) is 29.9. The lowest BCUT2D eigenvalue weighted by atomic mass is 10.1. The van der Waals surface area contributed by atoms with Crippen molar-refractivity contribution < 1.29 is 19.7 Å². The van der Waals surface area contributed by atoms with Crippen LogP contribution in [0.2, 0.25) is 0 Å². The van der Waals surface area contributed by atoms with E-state index in [2.05, 4.69) is 15.5 Å². The van der Waals surface area contributed by atoms with Gasteiger partial charge in [-0.2, -0.15) is 0 Å². The maximum atomic E-state index is 12.0. The number of fused-ring (bicyclic) bond motifs is 1. The number of anilines is 1. The summed E-state index contributed by atoms with van der Waals surface area (Å²) < 4.78 is 4.96. The predicted octanol–water partition coefficient (Wildman–Crippen LogP) is 0.572. The molecule has 0 aliphatic rings. The summed E-state index contributed by atoms with van der Waals surface area (Å²) in [5.74, 6) is -0.604. The van der Waals surface area contributed by atoms with Gasteiger partial charge in [-0.1, -0.05) is 18.2 Å². The highest BCUT2D eigenvalue weighted by atomic mass is 16.5. The van der Waals surface area contributed by atoms with Gasteiger partial charge in [0.15, 0.2) is 5.69 Å². The molecule has 1 heterocycles. The number of nitrogens with one attached hydrogen (secondary N) is 1. The van der Waals surface area contributed by atoms with E-state index in [1.54, 1.807) is 31.2 Å². The Labute approximate surface area is 121 Å². The normalized spacial score (nSPS) is 10.9. The van der Waals surface area contributed by atoms with Crippen LogP contribution in [0.15, 0.2) is 24.3 Å². The van der Waals surface area contributed by atoms with Crippen molar-refractivity contribution in [3.63, 3.8) is 0 Å². The summed E-state index contributed by atoms with van der Waals surface area (Å²) in [4.78, 5) is 12.0. The van der Waals surface area contributed by atoms with E-state index >= 15 is 0 Å². The molecule has 0 fully saturated rings. The monoisotopic (exact) mass is 291 g/mol. The molecule has 3 N–H and O–H groups in total. The van der Waals surface area contributed by atoms with Crippen molar-refractivity contribution in [2.45, 2.75) is 13.0 Å². The van der Waals surface area contributed by atoms with E-state index in [-0.39, 0.29) is 25.5 Å². The van der Waals surface area contributed by atoms with Crippen LogP contribution in [0.3, 0.4) is 0 Å². The maximum absolute atomic E-state index is 12.0. The second kappa shape index (κ2) is 6.96. The third kappa shape index (κ3) is 3.26. The second-order valence-corrected chi connectivity index (χ2v) is 4.37. The fourth-order valence-corrected chi connectivity index (χ4v) is 1.90. The molecule has 0 radical (unpaired) electrons. The van der Waals surface area contributed by atoms with Crippen LogP contribution in [0, 0.1) is 0 Å². The van der Waals surface area contributed by atoms with Gasteiger partial charge in [0.05, 0.1) is 37.1 Å². The molecule has 1 aromatic heterocycles. The Hall–Kier alpha value is -2.25. The number of hydrogen-bond donors (Lipinski definition) is 3. The molecule has 0 aliphatic heterocycles. The van der Waals surface area contributed by atoms with E-state index in [4.69, 9.17) is 4.74 Å². The first-order valence-corrected chi connectivity index (χ1v) is 6.62. The molecule has 0 saturated heterocycles. The first-order valence-electron chi connectivity index (χ1n) is 6.62. The summed E-state index contributed by atoms with van der Waals surface area (Å²) in [6, 6.07) is 6.54. The zero-order valence-electron chi connectivity index (χ0n) is 11.6. The first-order chi connectivity index (χ1) is 10.2. The molecule has 0 aliphatic carbocycles. The second-order valence-electron chi connectivity index (χ2n) is 4.37. The number of benzene rings is 1. The Balaban J connectivity index is 2.54. The van der Waals surface area contributed by atoms with Crippen molar-refractivity contribution in [3.8, 4) is 0 Å². The SMILES string of the molecule is CCOC(=O)c1nnc2ccccc2c1NC(CO)CO. The van der Waals surface area contributed by atoms with Gasteiger partial charge in [-0.05, 0) is 13.0 Å². The number of aromatic nitrogens is 2. The Morgan fingerprint density at radius 3 is 2.67 bits per heavy atom. The van der Waals surface area contributed by atoms with Crippen molar-refractivity contribution in [2.75, 3.05) is 25.1 Å². The number of aliphatic hydroxyl groups is 2. The zero-order valence-corrected chi connectivity index (χ0v) is 11.6. The van der Waals surface area contributed by atoms with Crippen molar-refractivity contribution in [2.24, 2.45) is 0 Å². The summed E-state index contributed by atoms with van der Waals surface area (Å²) >= 11 is 0. The standard InChI is InChI=1S/C14H17N3O4/c1-2-21-14(20)13-12(15-9(7-18)8-19)10-5-3-4-6-11(10)16-17-13/h3-6,9,18-19H,2,7-8H2,1H3,(H,15,16). The molecular formula is C14H17N3O4. The lowest BCUT2D eigenvalue weighted by molar-refractivity contribution is 0.0519. The third-order valence-corrected chi connectivity index (χ3v) is 2.93. The van der Waals surface area contributed by atoms with Crippen molar-refractivity contribution in [1.29, 1.82) is 0 Å². The van der Waals surface area contributed by atoms with Crippen LogP contribution in [-0.2, 0) is 4.74 Å². The minimum absolute atomic E-state index is 0.0300. The Kier molecular flexibility index (Phi) is 5.02. The molecule has 0 saturated carbocycles. The van der Waals surface area contributed by atoms with Crippen LogP contribution >= 0.6 is 0 Å². The highest BCUT2D eigenvalue weighted by molar-refractivity contribution is 6.03. The maximum Gasteiger partial charge on any atom is 0.361 e. The van der Waals surface area contributed by atoms with E-state index in [0.29, 0.717) is 16.6 Å². The number of hydrogen-bond acceptors (Lipinski definition) is 7. The first kappa shape index (κ1) is 15.1. The van der Waals surface area contributed by atoms with E-state index in [9.17, 15) is 15.0 Å². The number of carbonyl (C=O) groups is 1. The van der Waals surface area contributed by atoms with Gasteiger partial charge in [-0.15, -0.1) is 10.2 Å². The van der Waals surface area contributed by atoms with Gasteiger partial charge >= 0.3 is 5.97 Å². The van der Waals surface area contributed by atoms with E-state index < -0.39 is 12.0 Å². The number of aliphatic hydroxyl groups excluding tert-OH is 2. The van der Waals surface area contributed by atoms with E-state index in [0.717, 1.165) is 0 Å². The van der Waals surface area contributed by atoms with Crippen molar-refractivity contribution in [3.05, 3.63) is 30.0 Å². The topological polar surface area (TPSA) is 105 Å². The quantitative estimate of drug-likeness (QED) is 0.668. The fraction of sp³-hybridized carbons (Fsp3) is 0.357. The van der Waals surface area contributed by atoms with Crippen molar-refractivity contribution >= 4 is 22.6 Å². The van der Waals surface area contributed by atoms with Gasteiger partial charge in [-0.25, -0.2) is 4.79 Å². The van der Waals surface area contributed by atoms with Gasteiger partial charge in [0.2, 0.25) is 0 Å². The van der Waals surface area contributed by atoms with Crippen molar-refractivity contribution in [1.82, 2.24) is 10.2 Å². The Morgan fingerprint density at radius 2 is 2.00 bits per heavy atom. The molecule has 0 bridgehead atoms. The summed E-state index contributed by atoms with van der Waals surface area (Å²) in [6.45, 7) is 1.35. The lowest BCUT2D eigenvalue weighted by Crippen LogP contribution is -2.29. The average Bonchev–Trinajstić information content (AvgIpc) is 2.52. The highest BCUT2D eigenvalue weighted by Gasteiger charge is 2.20. The number of esters is 1. The molecule has 0 atom stereocenters. The minimum atomic E-state index is -0.606. The van der Waals surface area contributed by atoms with Gasteiger partial charge in [-0.3, -0.25) is 0 Å². The molecule has 2 aromatic rings. The molecule has 7 nitrogen and oxygen atoms in total. The number of carbonyl (C=O) groups excluding carboxylic acids is 1. The minimum Gasteiger partial charge on any atom is -0.461 e. The molecule has 21 heavy (non-hydrogen) atoms.